The maximum atomic E-state index is 5.58. The number of hydrogen-bond donors (Lipinski definition) is 1. The molecule has 0 atom stereocenters. The second-order valence-corrected chi connectivity index (χ2v) is 2.41. The molecule has 0 bridgehead atoms. The standard InChI is InChI=1S/C7H13N3/c1-3-4-10-6(2)5-9-7(10)8/h5H,3-4H2,1-2H3,(H2,8,9). The van der Waals surface area contributed by atoms with Gasteiger partial charge in [0.05, 0.1) is 6.20 Å². The van der Waals surface area contributed by atoms with E-state index in [0.29, 0.717) is 5.95 Å². The Morgan fingerprint density at radius 2 is 2.40 bits per heavy atom. The Bertz CT molecular complexity index is 195. The lowest BCUT2D eigenvalue weighted by Crippen LogP contribution is -2.03. The Kier molecular flexibility index (Phi) is 1.94. The van der Waals surface area contributed by atoms with Crippen molar-refractivity contribution in [3.63, 3.8) is 0 Å². The lowest BCUT2D eigenvalue weighted by atomic mass is 10.4. The van der Waals surface area contributed by atoms with Crippen molar-refractivity contribution in [1.29, 1.82) is 0 Å². The minimum absolute atomic E-state index is 0.624. The maximum Gasteiger partial charge on any atom is 0.200 e. The molecule has 0 amide bonds. The average molecular weight is 139 g/mol. The van der Waals surface area contributed by atoms with Crippen molar-refractivity contribution in [2.24, 2.45) is 0 Å². The zero-order chi connectivity index (χ0) is 7.56. The highest BCUT2D eigenvalue weighted by molar-refractivity contribution is 5.21. The summed E-state index contributed by atoms with van der Waals surface area (Å²) in [6, 6.07) is 0. The van der Waals surface area contributed by atoms with Gasteiger partial charge in [-0.15, -0.1) is 0 Å². The summed E-state index contributed by atoms with van der Waals surface area (Å²) >= 11 is 0. The van der Waals surface area contributed by atoms with E-state index >= 15 is 0 Å². The van der Waals surface area contributed by atoms with Gasteiger partial charge >= 0.3 is 0 Å². The fourth-order valence-electron chi connectivity index (χ4n) is 0.994. The highest BCUT2D eigenvalue weighted by atomic mass is 15.1. The molecule has 0 saturated heterocycles. The first-order valence-corrected chi connectivity index (χ1v) is 3.53. The van der Waals surface area contributed by atoms with Gasteiger partial charge in [-0.1, -0.05) is 6.92 Å². The van der Waals surface area contributed by atoms with E-state index in [-0.39, 0.29) is 0 Å². The van der Waals surface area contributed by atoms with Crippen LogP contribution in [0.3, 0.4) is 0 Å². The number of nitrogens with zero attached hydrogens (tertiary/aromatic N) is 2. The lowest BCUT2D eigenvalue weighted by Gasteiger charge is -2.03. The van der Waals surface area contributed by atoms with Crippen molar-refractivity contribution in [3.8, 4) is 0 Å². The van der Waals surface area contributed by atoms with Crippen molar-refractivity contribution < 1.29 is 0 Å². The average Bonchev–Trinajstić information content (AvgIpc) is 2.20. The number of rotatable bonds is 2. The molecule has 1 aromatic rings. The number of nitrogen functional groups attached to an aromatic ring is 1. The Morgan fingerprint density at radius 3 is 2.80 bits per heavy atom. The minimum Gasteiger partial charge on any atom is -0.369 e. The van der Waals surface area contributed by atoms with Gasteiger partial charge in [-0.3, -0.25) is 0 Å². The van der Waals surface area contributed by atoms with Gasteiger partial charge in [0.1, 0.15) is 0 Å². The Labute approximate surface area is 60.9 Å². The number of aryl methyl sites for hydroxylation is 1. The third-order valence-electron chi connectivity index (χ3n) is 1.53. The molecule has 1 aromatic heterocycles. The van der Waals surface area contributed by atoms with E-state index in [0.717, 1.165) is 18.7 Å². The quantitative estimate of drug-likeness (QED) is 0.668. The molecule has 1 heterocycles. The van der Waals surface area contributed by atoms with Crippen molar-refractivity contribution in [3.05, 3.63) is 11.9 Å². The van der Waals surface area contributed by atoms with E-state index in [1.165, 1.54) is 0 Å². The fraction of sp³-hybridized carbons (Fsp3) is 0.571. The Balaban J connectivity index is 2.87. The van der Waals surface area contributed by atoms with E-state index < -0.39 is 0 Å². The van der Waals surface area contributed by atoms with Crippen molar-refractivity contribution in [1.82, 2.24) is 9.55 Å². The van der Waals surface area contributed by atoms with E-state index in [2.05, 4.69) is 11.9 Å². The molecule has 56 valence electrons. The van der Waals surface area contributed by atoms with Crippen LogP contribution >= 0.6 is 0 Å². The lowest BCUT2D eigenvalue weighted by molar-refractivity contribution is 0.671. The third kappa shape index (κ3) is 1.12. The number of imidazole rings is 1. The molecule has 10 heavy (non-hydrogen) atoms. The summed E-state index contributed by atoms with van der Waals surface area (Å²) in [7, 11) is 0. The summed E-state index contributed by atoms with van der Waals surface area (Å²) in [6.07, 6.45) is 2.90. The van der Waals surface area contributed by atoms with Gasteiger partial charge in [0.2, 0.25) is 0 Å². The zero-order valence-electron chi connectivity index (χ0n) is 6.46. The molecule has 0 aliphatic rings. The topological polar surface area (TPSA) is 43.8 Å². The number of hydrogen-bond acceptors (Lipinski definition) is 2. The molecular formula is C7H13N3. The van der Waals surface area contributed by atoms with Crippen LogP contribution in [-0.4, -0.2) is 9.55 Å². The van der Waals surface area contributed by atoms with E-state index in [9.17, 15) is 0 Å². The summed E-state index contributed by atoms with van der Waals surface area (Å²) in [5.74, 6) is 0.624. The van der Waals surface area contributed by atoms with Crippen LogP contribution in [0.15, 0.2) is 6.20 Å². The van der Waals surface area contributed by atoms with Gasteiger partial charge in [0.25, 0.3) is 0 Å². The van der Waals surface area contributed by atoms with Crippen LogP contribution in [0, 0.1) is 6.92 Å². The first-order valence-electron chi connectivity index (χ1n) is 3.53. The first-order chi connectivity index (χ1) is 4.75. The predicted molar refractivity (Wildman–Crippen MR) is 41.7 cm³/mol. The van der Waals surface area contributed by atoms with Gasteiger partial charge in [-0.2, -0.15) is 0 Å². The van der Waals surface area contributed by atoms with Crippen LogP contribution < -0.4 is 5.73 Å². The summed E-state index contributed by atoms with van der Waals surface area (Å²) in [4.78, 5) is 3.98. The molecule has 0 spiro atoms. The van der Waals surface area contributed by atoms with E-state index in [1.807, 2.05) is 11.5 Å². The molecule has 0 aliphatic carbocycles. The monoisotopic (exact) mass is 139 g/mol. The first kappa shape index (κ1) is 7.12. The number of aromatic nitrogens is 2. The molecule has 1 rings (SSSR count). The fourth-order valence-corrected chi connectivity index (χ4v) is 0.994. The van der Waals surface area contributed by atoms with Gasteiger partial charge in [-0.25, -0.2) is 4.98 Å². The molecule has 3 heteroatoms. The maximum absolute atomic E-state index is 5.58. The molecule has 0 radical (unpaired) electrons. The van der Waals surface area contributed by atoms with Crippen LogP contribution in [0.1, 0.15) is 19.0 Å². The van der Waals surface area contributed by atoms with Crippen molar-refractivity contribution >= 4 is 5.95 Å². The molecule has 0 unspecified atom stereocenters. The molecule has 0 saturated carbocycles. The Morgan fingerprint density at radius 1 is 1.70 bits per heavy atom. The summed E-state index contributed by atoms with van der Waals surface area (Å²) < 4.78 is 2.01. The summed E-state index contributed by atoms with van der Waals surface area (Å²) in [6.45, 7) is 5.11. The van der Waals surface area contributed by atoms with Gasteiger partial charge in [0, 0.05) is 12.2 Å². The normalized spacial score (nSPS) is 10.2. The second-order valence-electron chi connectivity index (χ2n) is 2.41. The minimum atomic E-state index is 0.624. The largest absolute Gasteiger partial charge is 0.369 e. The number of anilines is 1. The summed E-state index contributed by atoms with van der Waals surface area (Å²) in [5, 5.41) is 0. The van der Waals surface area contributed by atoms with Crippen molar-refractivity contribution in [2.45, 2.75) is 26.8 Å². The van der Waals surface area contributed by atoms with Crippen LogP contribution in [-0.2, 0) is 6.54 Å². The predicted octanol–water partition coefficient (Wildman–Crippen LogP) is 1.18. The molecule has 2 N–H and O–H groups in total. The van der Waals surface area contributed by atoms with Gasteiger partial charge < -0.3 is 10.3 Å². The number of nitrogens with two attached hydrogens (primary N) is 1. The zero-order valence-corrected chi connectivity index (χ0v) is 6.46. The van der Waals surface area contributed by atoms with Crippen LogP contribution in [0.2, 0.25) is 0 Å². The molecular weight excluding hydrogens is 126 g/mol. The van der Waals surface area contributed by atoms with Crippen LogP contribution in [0.4, 0.5) is 5.95 Å². The SMILES string of the molecule is CCCn1c(C)cnc1N. The highest BCUT2D eigenvalue weighted by Gasteiger charge is 1.99. The molecule has 0 aliphatic heterocycles. The van der Waals surface area contributed by atoms with E-state index in [4.69, 9.17) is 5.73 Å². The summed E-state index contributed by atoms with van der Waals surface area (Å²) in [5.41, 5.74) is 6.72. The Hall–Kier alpha value is -0.990. The van der Waals surface area contributed by atoms with Gasteiger partial charge in [-0.05, 0) is 13.3 Å². The highest BCUT2D eigenvalue weighted by Crippen LogP contribution is 2.05. The van der Waals surface area contributed by atoms with Crippen molar-refractivity contribution in [2.75, 3.05) is 5.73 Å². The second kappa shape index (κ2) is 2.73. The van der Waals surface area contributed by atoms with E-state index in [1.54, 1.807) is 6.20 Å². The molecule has 3 nitrogen and oxygen atoms in total. The molecule has 0 fully saturated rings. The third-order valence-corrected chi connectivity index (χ3v) is 1.53. The van der Waals surface area contributed by atoms with Crippen LogP contribution in [0.25, 0.3) is 0 Å². The smallest absolute Gasteiger partial charge is 0.200 e. The van der Waals surface area contributed by atoms with Gasteiger partial charge in [0.15, 0.2) is 5.95 Å². The van der Waals surface area contributed by atoms with Crippen LogP contribution in [0.5, 0.6) is 0 Å². The molecule has 0 aromatic carbocycles.